The Morgan fingerprint density at radius 1 is 1.08 bits per heavy atom. The zero-order valence-corrected chi connectivity index (χ0v) is 12.6. The number of aromatic nitrogens is 3. The Morgan fingerprint density at radius 2 is 1.88 bits per heavy atom. The van der Waals surface area contributed by atoms with Gasteiger partial charge < -0.3 is 5.32 Å². The molecule has 5 nitrogen and oxygen atoms in total. The third-order valence-corrected chi connectivity index (χ3v) is 3.37. The molecule has 0 aliphatic carbocycles. The van der Waals surface area contributed by atoms with Crippen LogP contribution in [0.1, 0.15) is 16.1 Å². The van der Waals surface area contributed by atoms with E-state index in [1.54, 1.807) is 6.20 Å². The van der Waals surface area contributed by atoms with Gasteiger partial charge in [-0.2, -0.15) is 15.0 Å². The fourth-order valence-corrected chi connectivity index (χ4v) is 2.14. The second-order valence-corrected chi connectivity index (χ2v) is 5.10. The highest BCUT2D eigenvalue weighted by Crippen LogP contribution is 2.08. The number of para-hydroxylation sites is 1. The minimum atomic E-state index is -1.05. The number of nitrogens with zero attached hydrogens (tertiary/aromatic N) is 3. The van der Waals surface area contributed by atoms with E-state index in [0.29, 0.717) is 18.7 Å². The Kier molecular flexibility index (Phi) is 4.60. The molecular weight excluding hydrogens is 314 g/mol. The average Bonchev–Trinajstić information content (AvgIpc) is 3.07. The molecule has 0 bridgehead atoms. The van der Waals surface area contributed by atoms with E-state index in [1.807, 2.05) is 30.3 Å². The molecular formula is C17H14F2N4O. The number of amides is 1. The van der Waals surface area contributed by atoms with Gasteiger partial charge in [0.25, 0.3) is 5.91 Å². The lowest BCUT2D eigenvalue weighted by molar-refractivity contribution is 0.0953. The summed E-state index contributed by atoms with van der Waals surface area (Å²) in [5, 5.41) is 11.1. The van der Waals surface area contributed by atoms with Gasteiger partial charge >= 0.3 is 0 Å². The molecule has 1 N–H and O–H groups in total. The van der Waals surface area contributed by atoms with E-state index < -0.39 is 17.5 Å². The summed E-state index contributed by atoms with van der Waals surface area (Å²) >= 11 is 0. The van der Waals surface area contributed by atoms with Crippen LogP contribution >= 0.6 is 0 Å². The van der Waals surface area contributed by atoms with Gasteiger partial charge in [-0.05, 0) is 30.3 Å². The van der Waals surface area contributed by atoms with Crippen molar-refractivity contribution >= 4 is 5.91 Å². The molecule has 3 rings (SSSR count). The maximum atomic E-state index is 13.1. The Morgan fingerprint density at radius 3 is 2.62 bits per heavy atom. The normalized spacial score (nSPS) is 10.6. The Hall–Kier alpha value is -3.09. The van der Waals surface area contributed by atoms with Crippen molar-refractivity contribution in [2.24, 2.45) is 0 Å². The summed E-state index contributed by atoms with van der Waals surface area (Å²) in [6.07, 6.45) is 2.10. The largest absolute Gasteiger partial charge is 0.352 e. The lowest BCUT2D eigenvalue weighted by Gasteiger charge is -2.04. The standard InChI is InChI=1S/C17H14F2N4O/c18-15-7-6-12(10-16(15)19)17(24)20-9-8-13-11-21-23(22-13)14-4-2-1-3-5-14/h1-7,10-11H,8-9H2,(H,20,24). The molecule has 3 aromatic rings. The zero-order chi connectivity index (χ0) is 16.9. The van der Waals surface area contributed by atoms with Crippen LogP contribution in [0.5, 0.6) is 0 Å². The molecule has 0 unspecified atom stereocenters. The van der Waals surface area contributed by atoms with Crippen LogP contribution in [0, 0.1) is 11.6 Å². The molecule has 0 spiro atoms. The van der Waals surface area contributed by atoms with Crippen LogP contribution in [0.3, 0.4) is 0 Å². The Balaban J connectivity index is 1.56. The monoisotopic (exact) mass is 328 g/mol. The van der Waals surface area contributed by atoms with E-state index >= 15 is 0 Å². The molecule has 0 saturated heterocycles. The lowest BCUT2D eigenvalue weighted by Crippen LogP contribution is -2.26. The van der Waals surface area contributed by atoms with Gasteiger partial charge in [0.1, 0.15) is 0 Å². The van der Waals surface area contributed by atoms with Crippen LogP contribution in [0.2, 0.25) is 0 Å². The van der Waals surface area contributed by atoms with Crippen LogP contribution in [-0.2, 0) is 6.42 Å². The summed E-state index contributed by atoms with van der Waals surface area (Å²) in [5.41, 5.74) is 1.63. The topological polar surface area (TPSA) is 59.8 Å². The highest BCUT2D eigenvalue weighted by Gasteiger charge is 2.10. The third-order valence-electron chi connectivity index (χ3n) is 3.37. The van der Waals surface area contributed by atoms with Crippen molar-refractivity contribution in [2.45, 2.75) is 6.42 Å². The molecule has 24 heavy (non-hydrogen) atoms. The summed E-state index contributed by atoms with van der Waals surface area (Å²) in [5.74, 6) is -2.50. The number of hydrogen-bond donors (Lipinski definition) is 1. The van der Waals surface area contributed by atoms with Crippen LogP contribution in [0.25, 0.3) is 5.69 Å². The molecule has 0 saturated carbocycles. The zero-order valence-electron chi connectivity index (χ0n) is 12.6. The summed E-state index contributed by atoms with van der Waals surface area (Å²) in [6.45, 7) is 0.311. The number of carbonyl (C=O) groups excluding carboxylic acids is 1. The van der Waals surface area contributed by atoms with Crippen molar-refractivity contribution in [3.63, 3.8) is 0 Å². The van der Waals surface area contributed by atoms with Crippen LogP contribution in [-0.4, -0.2) is 27.4 Å². The first-order valence-electron chi connectivity index (χ1n) is 7.33. The predicted molar refractivity (Wildman–Crippen MR) is 83.8 cm³/mol. The number of benzene rings is 2. The highest BCUT2D eigenvalue weighted by atomic mass is 19.2. The first kappa shape index (κ1) is 15.8. The predicted octanol–water partition coefficient (Wildman–Crippen LogP) is 2.52. The van der Waals surface area contributed by atoms with E-state index in [9.17, 15) is 13.6 Å². The fraction of sp³-hybridized carbons (Fsp3) is 0.118. The van der Waals surface area contributed by atoms with Crippen LogP contribution in [0.4, 0.5) is 8.78 Å². The minimum absolute atomic E-state index is 0.0711. The lowest BCUT2D eigenvalue weighted by atomic mass is 10.2. The molecule has 0 aliphatic rings. The van der Waals surface area contributed by atoms with Gasteiger partial charge in [0, 0.05) is 18.5 Å². The van der Waals surface area contributed by atoms with Gasteiger partial charge in [-0.25, -0.2) is 8.78 Å². The van der Waals surface area contributed by atoms with Gasteiger partial charge in [-0.3, -0.25) is 4.79 Å². The summed E-state index contributed by atoms with van der Waals surface area (Å²) in [7, 11) is 0. The Labute approximate surface area is 136 Å². The van der Waals surface area contributed by atoms with E-state index in [1.165, 1.54) is 10.9 Å². The minimum Gasteiger partial charge on any atom is -0.352 e. The quantitative estimate of drug-likeness (QED) is 0.783. The van der Waals surface area contributed by atoms with Crippen molar-refractivity contribution in [1.29, 1.82) is 0 Å². The molecule has 122 valence electrons. The number of carbonyl (C=O) groups is 1. The molecule has 1 heterocycles. The second kappa shape index (κ2) is 6.99. The SMILES string of the molecule is O=C(NCCc1cnn(-c2ccccc2)n1)c1ccc(F)c(F)c1. The highest BCUT2D eigenvalue weighted by molar-refractivity contribution is 5.94. The molecule has 1 amide bonds. The summed E-state index contributed by atoms with van der Waals surface area (Å²) < 4.78 is 26.0. The first-order valence-corrected chi connectivity index (χ1v) is 7.33. The van der Waals surface area contributed by atoms with Crippen molar-refractivity contribution in [3.05, 3.63) is 77.6 Å². The maximum absolute atomic E-state index is 13.1. The van der Waals surface area contributed by atoms with E-state index in [0.717, 1.165) is 17.8 Å². The van der Waals surface area contributed by atoms with Crippen molar-refractivity contribution in [3.8, 4) is 5.69 Å². The van der Waals surface area contributed by atoms with Gasteiger partial charge in [0.2, 0.25) is 0 Å². The van der Waals surface area contributed by atoms with E-state index in [-0.39, 0.29) is 5.56 Å². The maximum Gasteiger partial charge on any atom is 0.251 e. The van der Waals surface area contributed by atoms with Gasteiger partial charge in [0.05, 0.1) is 17.6 Å². The molecule has 0 radical (unpaired) electrons. The smallest absolute Gasteiger partial charge is 0.251 e. The fourth-order valence-electron chi connectivity index (χ4n) is 2.14. The summed E-state index contributed by atoms with van der Waals surface area (Å²) in [4.78, 5) is 13.4. The van der Waals surface area contributed by atoms with Gasteiger partial charge in [-0.1, -0.05) is 18.2 Å². The van der Waals surface area contributed by atoms with Crippen molar-refractivity contribution in [1.82, 2.24) is 20.3 Å². The number of rotatable bonds is 5. The van der Waals surface area contributed by atoms with Gasteiger partial charge in [-0.15, -0.1) is 0 Å². The van der Waals surface area contributed by atoms with E-state index in [2.05, 4.69) is 15.5 Å². The molecule has 1 aromatic heterocycles. The Bertz CT molecular complexity index is 849. The number of nitrogens with one attached hydrogen (secondary N) is 1. The van der Waals surface area contributed by atoms with E-state index in [4.69, 9.17) is 0 Å². The molecule has 0 atom stereocenters. The van der Waals surface area contributed by atoms with Gasteiger partial charge in [0.15, 0.2) is 11.6 Å². The second-order valence-electron chi connectivity index (χ2n) is 5.10. The van der Waals surface area contributed by atoms with Crippen molar-refractivity contribution < 1.29 is 13.6 Å². The van der Waals surface area contributed by atoms with Crippen LogP contribution in [0.15, 0.2) is 54.7 Å². The molecule has 0 aliphatic heterocycles. The molecule has 0 fully saturated rings. The third kappa shape index (κ3) is 3.62. The molecule has 7 heteroatoms. The number of halogens is 2. The molecule has 2 aromatic carbocycles. The first-order chi connectivity index (χ1) is 11.6. The van der Waals surface area contributed by atoms with Crippen molar-refractivity contribution in [2.75, 3.05) is 6.54 Å². The average molecular weight is 328 g/mol. The number of hydrogen-bond acceptors (Lipinski definition) is 3. The summed E-state index contributed by atoms with van der Waals surface area (Å²) in [6, 6.07) is 12.5. The van der Waals surface area contributed by atoms with Crippen LogP contribution < -0.4 is 5.32 Å².